The standard InChI is InChI=1S/C28H37F2N3O3/c1-18(34)33-22(13-19-8-5-4-6-9-19)24(35)17-31-23-15-28(10-7-11-28)36-25-21(23)12-20(16-32-25)14-27(2,3)26(29)30/h4-6,8-9,12,16,22-24,26,31,35H,7,10-11,13-15,17H2,1-3H3,(H,33,34)/t22-,23-,24-/m0/s1. The predicted octanol–water partition coefficient (Wildman–Crippen LogP) is 4.36. The minimum Gasteiger partial charge on any atom is -0.471 e. The number of carbonyl (C=O) groups excluding carboxylic acids is 1. The molecule has 6 nitrogen and oxygen atoms in total. The molecule has 4 rings (SSSR count). The number of nitrogens with zero attached hydrogens (tertiary/aromatic N) is 1. The van der Waals surface area contributed by atoms with Gasteiger partial charge in [-0.25, -0.2) is 13.8 Å². The smallest absolute Gasteiger partial charge is 0.243 e. The second kappa shape index (κ2) is 10.8. The van der Waals surface area contributed by atoms with E-state index in [4.69, 9.17) is 4.74 Å². The maximum atomic E-state index is 13.5. The van der Waals surface area contributed by atoms with Gasteiger partial charge in [-0.2, -0.15) is 0 Å². The van der Waals surface area contributed by atoms with Gasteiger partial charge in [-0.3, -0.25) is 4.79 Å². The molecule has 0 bridgehead atoms. The van der Waals surface area contributed by atoms with Crippen LogP contribution in [0.15, 0.2) is 42.6 Å². The molecular formula is C28H37F2N3O3. The minimum atomic E-state index is -2.44. The maximum absolute atomic E-state index is 13.5. The van der Waals surface area contributed by atoms with E-state index in [1.165, 1.54) is 6.92 Å². The van der Waals surface area contributed by atoms with Crippen LogP contribution in [0, 0.1) is 5.41 Å². The zero-order valence-corrected chi connectivity index (χ0v) is 21.3. The van der Waals surface area contributed by atoms with E-state index in [0.29, 0.717) is 12.3 Å². The molecule has 1 aliphatic carbocycles. The molecule has 36 heavy (non-hydrogen) atoms. The van der Waals surface area contributed by atoms with Crippen LogP contribution in [0.25, 0.3) is 0 Å². The van der Waals surface area contributed by atoms with Crippen molar-refractivity contribution in [1.82, 2.24) is 15.6 Å². The summed E-state index contributed by atoms with van der Waals surface area (Å²) in [5.74, 6) is 0.338. The van der Waals surface area contributed by atoms with E-state index in [0.717, 1.165) is 42.4 Å². The molecule has 1 fully saturated rings. The van der Waals surface area contributed by atoms with Crippen LogP contribution in [0.5, 0.6) is 5.88 Å². The van der Waals surface area contributed by atoms with Gasteiger partial charge in [0.25, 0.3) is 0 Å². The molecule has 1 aliphatic heterocycles. The highest BCUT2D eigenvalue weighted by molar-refractivity contribution is 5.73. The average molecular weight is 502 g/mol. The molecule has 2 aliphatic rings. The summed E-state index contributed by atoms with van der Waals surface area (Å²) in [5, 5.41) is 17.4. The number of nitrogens with one attached hydrogen (secondary N) is 2. The zero-order valence-electron chi connectivity index (χ0n) is 21.3. The van der Waals surface area contributed by atoms with Crippen LogP contribution in [0.3, 0.4) is 0 Å². The monoisotopic (exact) mass is 501 g/mol. The molecule has 8 heteroatoms. The van der Waals surface area contributed by atoms with Crippen molar-refractivity contribution in [2.24, 2.45) is 5.41 Å². The van der Waals surface area contributed by atoms with E-state index in [9.17, 15) is 18.7 Å². The van der Waals surface area contributed by atoms with Crippen molar-refractivity contribution < 1.29 is 23.4 Å². The van der Waals surface area contributed by atoms with E-state index < -0.39 is 24.0 Å². The van der Waals surface area contributed by atoms with E-state index in [2.05, 4.69) is 15.6 Å². The summed E-state index contributed by atoms with van der Waals surface area (Å²) in [4.78, 5) is 16.3. The van der Waals surface area contributed by atoms with Crippen LogP contribution in [-0.2, 0) is 17.6 Å². The molecule has 0 unspecified atom stereocenters. The third-order valence-corrected chi connectivity index (χ3v) is 7.44. The normalized spacial score (nSPS) is 20.2. The number of hydrogen-bond donors (Lipinski definition) is 3. The predicted molar refractivity (Wildman–Crippen MR) is 134 cm³/mol. The van der Waals surface area contributed by atoms with Gasteiger partial charge in [0.05, 0.1) is 12.1 Å². The van der Waals surface area contributed by atoms with Crippen LogP contribution >= 0.6 is 0 Å². The molecule has 0 radical (unpaired) electrons. The lowest BCUT2D eigenvalue weighted by Gasteiger charge is -2.47. The molecule has 1 saturated carbocycles. The zero-order chi connectivity index (χ0) is 25.9. The summed E-state index contributed by atoms with van der Waals surface area (Å²) in [6, 6.07) is 11.1. The Morgan fingerprint density at radius 1 is 1.25 bits per heavy atom. The van der Waals surface area contributed by atoms with Crippen LogP contribution in [0.1, 0.15) is 69.2 Å². The molecule has 2 heterocycles. The van der Waals surface area contributed by atoms with Crippen molar-refractivity contribution in [3.05, 3.63) is 59.3 Å². The summed E-state index contributed by atoms with van der Waals surface area (Å²) >= 11 is 0. The second-order valence-corrected chi connectivity index (χ2v) is 11.1. The number of alkyl halides is 2. The van der Waals surface area contributed by atoms with Gasteiger partial charge in [-0.1, -0.05) is 44.2 Å². The largest absolute Gasteiger partial charge is 0.471 e. The number of aliphatic hydroxyl groups excluding tert-OH is 1. The Morgan fingerprint density at radius 2 is 1.97 bits per heavy atom. The van der Waals surface area contributed by atoms with Crippen LogP contribution in [-0.4, -0.2) is 46.7 Å². The number of halogens is 2. The molecule has 196 valence electrons. The highest BCUT2D eigenvalue weighted by Gasteiger charge is 2.46. The topological polar surface area (TPSA) is 83.5 Å². The quantitative estimate of drug-likeness (QED) is 0.451. The van der Waals surface area contributed by atoms with Crippen LogP contribution in [0.4, 0.5) is 8.78 Å². The van der Waals surface area contributed by atoms with Gasteiger partial charge in [0.1, 0.15) is 5.60 Å². The van der Waals surface area contributed by atoms with Gasteiger partial charge in [-0.15, -0.1) is 0 Å². The fourth-order valence-corrected chi connectivity index (χ4v) is 5.16. The molecular weight excluding hydrogens is 464 g/mol. The summed E-state index contributed by atoms with van der Waals surface area (Å²) in [6.45, 7) is 4.81. The minimum absolute atomic E-state index is 0.138. The van der Waals surface area contributed by atoms with Crippen molar-refractivity contribution in [2.45, 2.75) is 89.5 Å². The number of aliphatic hydroxyl groups is 1. The number of amides is 1. The first-order valence-electron chi connectivity index (χ1n) is 12.8. The Bertz CT molecular complexity index is 1040. The first-order valence-corrected chi connectivity index (χ1v) is 12.8. The Hall–Kier alpha value is -2.58. The van der Waals surface area contributed by atoms with Gasteiger partial charge in [0, 0.05) is 43.1 Å². The molecule has 3 atom stereocenters. The maximum Gasteiger partial charge on any atom is 0.243 e. The number of hydrogen-bond acceptors (Lipinski definition) is 5. The van der Waals surface area contributed by atoms with Gasteiger partial charge < -0.3 is 20.5 Å². The number of rotatable bonds is 10. The van der Waals surface area contributed by atoms with Crippen molar-refractivity contribution in [3.8, 4) is 5.88 Å². The number of ether oxygens (including phenoxy) is 1. The van der Waals surface area contributed by atoms with Crippen molar-refractivity contribution in [2.75, 3.05) is 6.54 Å². The molecule has 2 aromatic rings. The average Bonchev–Trinajstić information content (AvgIpc) is 2.81. The molecule has 1 spiro atoms. The second-order valence-electron chi connectivity index (χ2n) is 11.1. The molecule has 3 N–H and O–H groups in total. The van der Waals surface area contributed by atoms with Crippen LogP contribution in [0.2, 0.25) is 0 Å². The highest BCUT2D eigenvalue weighted by atomic mass is 19.3. The lowest BCUT2D eigenvalue weighted by atomic mass is 9.73. The van der Waals surface area contributed by atoms with E-state index in [1.807, 2.05) is 36.4 Å². The summed E-state index contributed by atoms with van der Waals surface area (Å²) in [6.07, 6.45) is 2.77. The number of aromatic nitrogens is 1. The Kier molecular flexibility index (Phi) is 7.95. The van der Waals surface area contributed by atoms with E-state index >= 15 is 0 Å². The summed E-state index contributed by atoms with van der Waals surface area (Å²) < 4.78 is 33.3. The number of fused-ring (bicyclic) bond motifs is 1. The Morgan fingerprint density at radius 3 is 2.58 bits per heavy atom. The number of pyridine rings is 1. The summed E-state index contributed by atoms with van der Waals surface area (Å²) in [7, 11) is 0. The third-order valence-electron chi connectivity index (χ3n) is 7.44. The SMILES string of the molecule is CC(=O)N[C@@H](Cc1ccccc1)[C@@H](O)CN[C@H]1CC2(CCC2)Oc2ncc(CC(C)(C)C(F)F)cc21. The molecule has 1 aromatic carbocycles. The fraction of sp³-hybridized carbons (Fsp3) is 0.571. The van der Waals surface area contributed by atoms with Crippen molar-refractivity contribution in [1.29, 1.82) is 0 Å². The van der Waals surface area contributed by atoms with Gasteiger partial charge >= 0.3 is 0 Å². The number of benzene rings is 1. The van der Waals surface area contributed by atoms with E-state index in [1.54, 1.807) is 20.0 Å². The molecule has 1 amide bonds. The first kappa shape index (κ1) is 26.5. The molecule has 0 saturated heterocycles. The highest BCUT2D eigenvalue weighted by Crippen LogP contribution is 2.48. The third kappa shape index (κ3) is 6.21. The number of carbonyl (C=O) groups is 1. The fourth-order valence-electron chi connectivity index (χ4n) is 5.16. The van der Waals surface area contributed by atoms with Gasteiger partial charge in [0.2, 0.25) is 18.2 Å². The Balaban J connectivity index is 1.51. The Labute approximate surface area is 211 Å². The van der Waals surface area contributed by atoms with Gasteiger partial charge in [0.15, 0.2) is 0 Å². The van der Waals surface area contributed by atoms with E-state index in [-0.39, 0.29) is 30.5 Å². The van der Waals surface area contributed by atoms with Crippen molar-refractivity contribution >= 4 is 5.91 Å². The van der Waals surface area contributed by atoms with Crippen LogP contribution < -0.4 is 15.4 Å². The first-order chi connectivity index (χ1) is 17.1. The van der Waals surface area contributed by atoms with Crippen molar-refractivity contribution in [3.63, 3.8) is 0 Å². The van der Waals surface area contributed by atoms with Gasteiger partial charge in [-0.05, 0) is 49.3 Å². The lowest BCUT2D eigenvalue weighted by Crippen LogP contribution is -2.52. The molecule has 1 aromatic heterocycles. The lowest BCUT2D eigenvalue weighted by molar-refractivity contribution is -0.120. The summed E-state index contributed by atoms with van der Waals surface area (Å²) in [5.41, 5.74) is 1.16.